The van der Waals surface area contributed by atoms with E-state index in [2.05, 4.69) is 36.5 Å². The van der Waals surface area contributed by atoms with Crippen LogP contribution >= 0.6 is 15.9 Å². The first kappa shape index (κ1) is 19.8. The second-order valence-electron chi connectivity index (χ2n) is 6.30. The Bertz CT molecular complexity index is 1090. The maximum Gasteiger partial charge on any atom is 0.258 e. The Balaban J connectivity index is 1.62. The monoisotopic (exact) mass is 442 g/mol. The first-order valence-electron chi connectivity index (χ1n) is 8.77. The van der Waals surface area contributed by atoms with E-state index < -0.39 is 0 Å². The van der Waals surface area contributed by atoms with Gasteiger partial charge in [0.2, 0.25) is 11.8 Å². The summed E-state index contributed by atoms with van der Waals surface area (Å²) in [6.45, 7) is 1.41. The molecule has 3 rings (SSSR count). The third-order valence-electron chi connectivity index (χ3n) is 4.05. The second kappa shape index (κ2) is 8.79. The van der Waals surface area contributed by atoms with E-state index in [1.807, 2.05) is 6.07 Å². The quantitative estimate of drug-likeness (QED) is 0.542. The van der Waals surface area contributed by atoms with Crippen LogP contribution in [0.1, 0.15) is 25.6 Å². The van der Waals surface area contributed by atoms with Gasteiger partial charge in [-0.3, -0.25) is 14.4 Å². The molecule has 0 atom stereocenters. The van der Waals surface area contributed by atoms with E-state index >= 15 is 0 Å². The van der Waals surface area contributed by atoms with Crippen LogP contribution in [-0.2, 0) is 16.0 Å². The highest BCUT2D eigenvalue weighted by Gasteiger charge is 2.10. The maximum absolute atomic E-state index is 12.3. The molecule has 7 nitrogen and oxygen atoms in total. The summed E-state index contributed by atoms with van der Waals surface area (Å²) in [5, 5.41) is 6.04. The van der Waals surface area contributed by atoms with Gasteiger partial charge in [0.15, 0.2) is 0 Å². The number of fused-ring (bicyclic) bond motifs is 1. The van der Waals surface area contributed by atoms with Gasteiger partial charge in [-0.05, 0) is 36.8 Å². The number of rotatable bonds is 6. The minimum absolute atomic E-state index is 0.181. The molecule has 144 valence electrons. The van der Waals surface area contributed by atoms with Crippen molar-refractivity contribution in [3.05, 3.63) is 63.1 Å². The second-order valence-corrected chi connectivity index (χ2v) is 7.22. The van der Waals surface area contributed by atoms with Crippen LogP contribution in [0, 0.1) is 0 Å². The molecule has 0 aliphatic carbocycles. The number of hydrogen-bond donors (Lipinski definition) is 3. The van der Waals surface area contributed by atoms with Gasteiger partial charge >= 0.3 is 0 Å². The standard InChI is InChI=1S/C20H19BrN4O3/c1-12(26)22-16-10-9-13(21)11-17(16)24-19(27)8-4-7-18-23-15-6-3-2-5-14(15)20(28)25-18/h2-3,5-6,9-11H,4,7-8H2,1H3,(H,22,26)(H,24,27)(H,23,25,28). The van der Waals surface area contributed by atoms with E-state index in [-0.39, 0.29) is 23.8 Å². The van der Waals surface area contributed by atoms with Gasteiger partial charge in [0.1, 0.15) is 5.82 Å². The number of benzene rings is 2. The Hall–Kier alpha value is -3.00. The molecule has 3 N–H and O–H groups in total. The van der Waals surface area contributed by atoms with Crippen molar-refractivity contribution in [1.29, 1.82) is 0 Å². The van der Waals surface area contributed by atoms with Crippen molar-refractivity contribution in [2.24, 2.45) is 0 Å². The molecule has 0 radical (unpaired) electrons. The SMILES string of the molecule is CC(=O)Nc1ccc(Br)cc1NC(=O)CCCc1nc2ccccc2c(=O)[nH]1. The minimum atomic E-state index is -0.218. The zero-order valence-corrected chi connectivity index (χ0v) is 16.8. The van der Waals surface area contributed by atoms with Gasteiger partial charge in [0.25, 0.3) is 5.56 Å². The smallest absolute Gasteiger partial charge is 0.258 e. The van der Waals surface area contributed by atoms with E-state index in [1.54, 1.807) is 36.4 Å². The number of para-hydroxylation sites is 1. The third-order valence-corrected chi connectivity index (χ3v) is 4.54. The highest BCUT2D eigenvalue weighted by molar-refractivity contribution is 9.10. The lowest BCUT2D eigenvalue weighted by molar-refractivity contribution is -0.116. The van der Waals surface area contributed by atoms with Gasteiger partial charge in [0.05, 0.1) is 22.3 Å². The molecular formula is C20H19BrN4O3. The van der Waals surface area contributed by atoms with Crippen LogP contribution < -0.4 is 16.2 Å². The number of aryl methyl sites for hydroxylation is 1. The molecule has 8 heteroatoms. The Labute approximate surface area is 169 Å². The maximum atomic E-state index is 12.3. The van der Waals surface area contributed by atoms with Crippen LogP contribution in [0.15, 0.2) is 51.7 Å². The highest BCUT2D eigenvalue weighted by Crippen LogP contribution is 2.26. The number of carbonyl (C=O) groups is 2. The number of amides is 2. The summed E-state index contributed by atoms with van der Waals surface area (Å²) in [7, 11) is 0. The summed E-state index contributed by atoms with van der Waals surface area (Å²) in [4.78, 5) is 42.9. The lowest BCUT2D eigenvalue weighted by Gasteiger charge is -2.12. The molecule has 0 saturated carbocycles. The van der Waals surface area contributed by atoms with E-state index in [0.29, 0.717) is 40.9 Å². The molecule has 0 unspecified atom stereocenters. The Kier molecular flexibility index (Phi) is 6.20. The normalized spacial score (nSPS) is 10.6. The van der Waals surface area contributed by atoms with Crippen molar-refractivity contribution >= 4 is 50.0 Å². The summed E-state index contributed by atoms with van der Waals surface area (Å²) < 4.78 is 0.787. The molecule has 1 heterocycles. The molecule has 28 heavy (non-hydrogen) atoms. The van der Waals surface area contributed by atoms with Gasteiger partial charge in [-0.15, -0.1) is 0 Å². The molecule has 0 fully saturated rings. The average molecular weight is 443 g/mol. The molecule has 3 aromatic rings. The molecular weight excluding hydrogens is 424 g/mol. The van der Waals surface area contributed by atoms with Gasteiger partial charge in [0, 0.05) is 24.2 Å². The number of nitrogens with one attached hydrogen (secondary N) is 3. The molecule has 0 aliphatic rings. The molecule has 0 bridgehead atoms. The van der Waals surface area contributed by atoms with Crippen molar-refractivity contribution in [2.75, 3.05) is 10.6 Å². The number of aromatic amines is 1. The summed E-state index contributed by atoms with van der Waals surface area (Å²) in [5.74, 6) is 0.148. The third kappa shape index (κ3) is 5.04. The average Bonchev–Trinajstić information content (AvgIpc) is 2.64. The van der Waals surface area contributed by atoms with Crippen molar-refractivity contribution in [3.8, 4) is 0 Å². The van der Waals surface area contributed by atoms with Crippen molar-refractivity contribution in [3.63, 3.8) is 0 Å². The van der Waals surface area contributed by atoms with E-state index in [4.69, 9.17) is 0 Å². The minimum Gasteiger partial charge on any atom is -0.325 e. The van der Waals surface area contributed by atoms with Crippen LogP contribution in [0.25, 0.3) is 10.9 Å². The summed E-state index contributed by atoms with van der Waals surface area (Å²) in [5.41, 5.74) is 1.51. The fraction of sp³-hybridized carbons (Fsp3) is 0.200. The number of nitrogens with zero attached hydrogens (tertiary/aromatic N) is 1. The van der Waals surface area contributed by atoms with Crippen LogP contribution in [0.3, 0.4) is 0 Å². The number of halogens is 1. The Morgan fingerprint density at radius 2 is 1.89 bits per heavy atom. The number of aromatic nitrogens is 2. The first-order valence-corrected chi connectivity index (χ1v) is 9.56. The van der Waals surface area contributed by atoms with Gasteiger partial charge in [-0.2, -0.15) is 0 Å². The lowest BCUT2D eigenvalue weighted by atomic mass is 10.2. The predicted molar refractivity (Wildman–Crippen MR) is 112 cm³/mol. The van der Waals surface area contributed by atoms with Crippen LogP contribution in [-0.4, -0.2) is 21.8 Å². The van der Waals surface area contributed by atoms with Crippen LogP contribution in [0.4, 0.5) is 11.4 Å². The molecule has 2 amide bonds. The fourth-order valence-corrected chi connectivity index (χ4v) is 3.16. The van der Waals surface area contributed by atoms with Crippen LogP contribution in [0.5, 0.6) is 0 Å². The molecule has 2 aromatic carbocycles. The van der Waals surface area contributed by atoms with E-state index in [0.717, 1.165) is 4.47 Å². The zero-order valence-electron chi connectivity index (χ0n) is 15.2. The largest absolute Gasteiger partial charge is 0.325 e. The Morgan fingerprint density at radius 1 is 1.11 bits per heavy atom. The number of hydrogen-bond acceptors (Lipinski definition) is 4. The van der Waals surface area contributed by atoms with Crippen LogP contribution in [0.2, 0.25) is 0 Å². The van der Waals surface area contributed by atoms with Crippen molar-refractivity contribution in [2.45, 2.75) is 26.2 Å². The summed E-state index contributed by atoms with van der Waals surface area (Å²) in [6.07, 6.45) is 1.25. The van der Waals surface area contributed by atoms with Gasteiger partial charge in [-0.1, -0.05) is 28.1 Å². The Morgan fingerprint density at radius 3 is 2.68 bits per heavy atom. The number of H-pyrrole nitrogens is 1. The number of anilines is 2. The fourth-order valence-electron chi connectivity index (χ4n) is 2.80. The van der Waals surface area contributed by atoms with Crippen molar-refractivity contribution in [1.82, 2.24) is 9.97 Å². The topological polar surface area (TPSA) is 104 Å². The summed E-state index contributed by atoms with van der Waals surface area (Å²) in [6, 6.07) is 12.4. The molecule has 0 saturated heterocycles. The molecule has 0 spiro atoms. The summed E-state index contributed by atoms with van der Waals surface area (Å²) >= 11 is 3.36. The molecule has 1 aromatic heterocycles. The van der Waals surface area contributed by atoms with Gasteiger partial charge < -0.3 is 15.6 Å². The van der Waals surface area contributed by atoms with Crippen molar-refractivity contribution < 1.29 is 9.59 Å². The van der Waals surface area contributed by atoms with Gasteiger partial charge in [-0.25, -0.2) is 4.98 Å². The number of carbonyl (C=O) groups excluding carboxylic acids is 2. The highest BCUT2D eigenvalue weighted by atomic mass is 79.9. The molecule has 0 aliphatic heterocycles. The lowest BCUT2D eigenvalue weighted by Crippen LogP contribution is -2.16. The van der Waals surface area contributed by atoms with E-state index in [9.17, 15) is 14.4 Å². The predicted octanol–water partition coefficient (Wildman–Crippen LogP) is 3.61. The van der Waals surface area contributed by atoms with E-state index in [1.165, 1.54) is 6.92 Å². The first-order chi connectivity index (χ1) is 13.4. The zero-order chi connectivity index (χ0) is 20.1.